The molecule has 1 aliphatic rings. The zero-order chi connectivity index (χ0) is 12.7. The first kappa shape index (κ1) is 11.4. The van der Waals surface area contributed by atoms with Gasteiger partial charge in [0, 0.05) is 6.42 Å². The highest BCUT2D eigenvalue weighted by Gasteiger charge is 2.37. The average Bonchev–Trinajstić information content (AvgIpc) is 2.93. The first-order chi connectivity index (χ1) is 8.70. The van der Waals surface area contributed by atoms with Crippen molar-refractivity contribution in [3.63, 3.8) is 0 Å². The van der Waals surface area contributed by atoms with E-state index in [4.69, 9.17) is 15.6 Å². The molecule has 3 atom stereocenters. The number of fused-ring (bicyclic) bond motifs is 1. The summed E-state index contributed by atoms with van der Waals surface area (Å²) < 4.78 is 20.9. The second-order valence-corrected chi connectivity index (χ2v) is 4.31. The van der Waals surface area contributed by atoms with Crippen LogP contribution < -0.4 is 5.73 Å². The fraction of sp³-hybridized carbons (Fsp3) is 0.455. The van der Waals surface area contributed by atoms with E-state index in [1.807, 2.05) is 0 Å². The van der Waals surface area contributed by atoms with E-state index in [0.717, 1.165) is 0 Å². The molecule has 1 fully saturated rings. The quantitative estimate of drug-likeness (QED) is 0.811. The van der Waals surface area contributed by atoms with Crippen molar-refractivity contribution in [3.8, 4) is 0 Å². The molecule has 2 aromatic rings. The van der Waals surface area contributed by atoms with E-state index in [9.17, 15) is 4.39 Å². The van der Waals surface area contributed by atoms with E-state index in [2.05, 4.69) is 10.1 Å². The number of aliphatic hydroxyl groups excluding tert-OH is 1. The smallest absolute Gasteiger partial charge is 0.151 e. The van der Waals surface area contributed by atoms with E-state index in [1.54, 1.807) is 12.1 Å². The summed E-state index contributed by atoms with van der Waals surface area (Å²) in [5, 5.41) is 13.1. The van der Waals surface area contributed by atoms with Crippen molar-refractivity contribution < 1.29 is 14.2 Å². The van der Waals surface area contributed by atoms with Gasteiger partial charge in [0.25, 0.3) is 0 Å². The van der Waals surface area contributed by atoms with E-state index < -0.39 is 18.4 Å². The summed E-state index contributed by atoms with van der Waals surface area (Å²) in [7, 11) is 0. The second kappa shape index (κ2) is 4.18. The molecule has 3 rings (SSSR count). The van der Waals surface area contributed by atoms with Gasteiger partial charge in [-0.2, -0.15) is 5.10 Å². The van der Waals surface area contributed by atoms with Crippen molar-refractivity contribution in [2.75, 3.05) is 12.3 Å². The van der Waals surface area contributed by atoms with Crippen LogP contribution >= 0.6 is 0 Å². The number of nitrogen functional groups attached to an aromatic ring is 1. The Bertz CT molecular complexity index is 573. The predicted molar refractivity (Wildman–Crippen MR) is 61.6 cm³/mol. The van der Waals surface area contributed by atoms with Gasteiger partial charge in [0.05, 0.1) is 18.4 Å². The summed E-state index contributed by atoms with van der Waals surface area (Å²) in [6.07, 6.45) is -0.836. The minimum atomic E-state index is -1.16. The molecule has 3 N–H and O–H groups in total. The largest absolute Gasteiger partial charge is 0.394 e. The van der Waals surface area contributed by atoms with Gasteiger partial charge in [-0.15, -0.1) is 0 Å². The van der Waals surface area contributed by atoms with Gasteiger partial charge in [-0.05, 0) is 12.1 Å². The number of hydrogen-bond donors (Lipinski definition) is 2. The molecule has 1 saturated heterocycles. The van der Waals surface area contributed by atoms with E-state index in [1.165, 1.54) is 10.8 Å². The molecule has 0 aliphatic carbocycles. The molecule has 0 amide bonds. The average molecular weight is 252 g/mol. The number of hydrogen-bond acceptors (Lipinski definition) is 5. The highest BCUT2D eigenvalue weighted by Crippen LogP contribution is 2.35. The Balaban J connectivity index is 2.02. The maximum Gasteiger partial charge on any atom is 0.151 e. The lowest BCUT2D eigenvalue weighted by molar-refractivity contribution is -0.00198. The summed E-state index contributed by atoms with van der Waals surface area (Å²) in [5.74, 6) is 0.336. The van der Waals surface area contributed by atoms with Crippen LogP contribution in [0.4, 0.5) is 10.2 Å². The SMILES string of the molecule is Nc1ncnn2c([C@@H]3O[C@H](CO)C[C@H]3F)ccc12. The fourth-order valence-electron chi connectivity index (χ4n) is 2.28. The lowest BCUT2D eigenvalue weighted by Crippen LogP contribution is -2.13. The molecular formula is C11H13FN4O2. The Morgan fingerprint density at radius 1 is 1.56 bits per heavy atom. The summed E-state index contributed by atoms with van der Waals surface area (Å²) in [4.78, 5) is 3.87. The third-order valence-electron chi connectivity index (χ3n) is 3.16. The highest BCUT2D eigenvalue weighted by atomic mass is 19.1. The van der Waals surface area contributed by atoms with Crippen molar-refractivity contribution in [1.82, 2.24) is 14.6 Å². The first-order valence-corrected chi connectivity index (χ1v) is 5.69. The number of aromatic nitrogens is 3. The van der Waals surface area contributed by atoms with Gasteiger partial charge in [-0.3, -0.25) is 0 Å². The van der Waals surface area contributed by atoms with Crippen LogP contribution in [0.5, 0.6) is 0 Å². The van der Waals surface area contributed by atoms with Crippen LogP contribution in [-0.2, 0) is 4.74 Å². The Labute approximate surface area is 102 Å². The topological polar surface area (TPSA) is 85.7 Å². The molecule has 0 saturated carbocycles. The van der Waals surface area contributed by atoms with Gasteiger partial charge in [-0.1, -0.05) is 0 Å². The maximum absolute atomic E-state index is 13.9. The molecule has 3 heterocycles. The highest BCUT2D eigenvalue weighted by molar-refractivity contribution is 5.65. The van der Waals surface area contributed by atoms with E-state index >= 15 is 0 Å². The van der Waals surface area contributed by atoms with Gasteiger partial charge < -0.3 is 15.6 Å². The summed E-state index contributed by atoms with van der Waals surface area (Å²) in [6.45, 7) is -0.183. The van der Waals surface area contributed by atoms with Crippen LogP contribution in [-0.4, -0.2) is 38.6 Å². The van der Waals surface area contributed by atoms with Crippen LogP contribution in [0.2, 0.25) is 0 Å². The van der Waals surface area contributed by atoms with Gasteiger partial charge in [0.15, 0.2) is 5.82 Å². The summed E-state index contributed by atoms with van der Waals surface area (Å²) in [5.41, 5.74) is 6.92. The number of nitrogens with zero attached hydrogens (tertiary/aromatic N) is 3. The van der Waals surface area contributed by atoms with Crippen LogP contribution in [0.1, 0.15) is 18.2 Å². The number of nitrogens with two attached hydrogens (primary N) is 1. The molecule has 0 bridgehead atoms. The third-order valence-corrected chi connectivity index (χ3v) is 3.16. The predicted octanol–water partition coefficient (Wildman–Crippen LogP) is 0.472. The normalized spacial score (nSPS) is 28.0. The van der Waals surface area contributed by atoms with Crippen LogP contribution in [0.25, 0.3) is 5.52 Å². The van der Waals surface area contributed by atoms with E-state index in [0.29, 0.717) is 17.0 Å². The molecule has 2 aromatic heterocycles. The molecule has 1 aliphatic heterocycles. The minimum Gasteiger partial charge on any atom is -0.394 e. The number of ether oxygens (including phenoxy) is 1. The molecule has 96 valence electrons. The van der Waals surface area contributed by atoms with Gasteiger partial charge >= 0.3 is 0 Å². The van der Waals surface area contributed by atoms with Crippen LogP contribution in [0.15, 0.2) is 18.5 Å². The number of aliphatic hydroxyl groups is 1. The van der Waals surface area contributed by atoms with Gasteiger partial charge in [0.2, 0.25) is 0 Å². The molecule has 0 radical (unpaired) electrons. The lowest BCUT2D eigenvalue weighted by atomic mass is 10.1. The number of rotatable bonds is 2. The third kappa shape index (κ3) is 1.63. The van der Waals surface area contributed by atoms with Gasteiger partial charge in [0.1, 0.15) is 24.1 Å². The Morgan fingerprint density at radius 3 is 3.11 bits per heavy atom. The number of alkyl halides is 1. The Morgan fingerprint density at radius 2 is 2.39 bits per heavy atom. The molecule has 6 nitrogen and oxygen atoms in total. The lowest BCUT2D eigenvalue weighted by Gasteiger charge is -2.13. The summed E-state index contributed by atoms with van der Waals surface area (Å²) in [6, 6.07) is 3.45. The molecule has 0 unspecified atom stereocenters. The first-order valence-electron chi connectivity index (χ1n) is 5.69. The number of anilines is 1. The van der Waals surface area contributed by atoms with Crippen LogP contribution in [0.3, 0.4) is 0 Å². The molecule has 0 aromatic carbocycles. The molecule has 7 heteroatoms. The number of halogens is 1. The zero-order valence-corrected chi connectivity index (χ0v) is 9.53. The summed E-state index contributed by atoms with van der Waals surface area (Å²) >= 11 is 0. The van der Waals surface area contributed by atoms with E-state index in [-0.39, 0.29) is 13.0 Å². The standard InChI is InChI=1S/C11H13FN4O2/c12-7-3-6(4-17)18-10(7)8-1-2-9-11(13)14-5-15-16(8)9/h1-2,5-7,10,17H,3-4H2,(H2,13,14,15)/t6-,7+,10+/m0/s1. The van der Waals surface area contributed by atoms with Crippen molar-refractivity contribution >= 4 is 11.3 Å². The maximum atomic E-state index is 13.9. The molecule has 18 heavy (non-hydrogen) atoms. The zero-order valence-electron chi connectivity index (χ0n) is 9.53. The van der Waals surface area contributed by atoms with Crippen LogP contribution in [0, 0.1) is 0 Å². The second-order valence-electron chi connectivity index (χ2n) is 4.31. The van der Waals surface area contributed by atoms with Crippen molar-refractivity contribution in [3.05, 3.63) is 24.2 Å². The molecular weight excluding hydrogens is 239 g/mol. The van der Waals surface area contributed by atoms with Crippen molar-refractivity contribution in [2.45, 2.75) is 24.8 Å². The van der Waals surface area contributed by atoms with Crippen molar-refractivity contribution in [1.29, 1.82) is 0 Å². The Kier molecular flexibility index (Phi) is 2.64. The van der Waals surface area contributed by atoms with Crippen molar-refractivity contribution in [2.24, 2.45) is 0 Å². The fourth-order valence-corrected chi connectivity index (χ4v) is 2.28. The monoisotopic (exact) mass is 252 g/mol. The minimum absolute atomic E-state index is 0.183. The van der Waals surface area contributed by atoms with Gasteiger partial charge in [-0.25, -0.2) is 13.9 Å². The Hall–Kier alpha value is -1.73. The molecule has 0 spiro atoms.